The van der Waals surface area contributed by atoms with E-state index in [1.807, 2.05) is 0 Å². The van der Waals surface area contributed by atoms with E-state index in [9.17, 15) is 13.2 Å². The number of nitrogens with one attached hydrogen (secondary N) is 1. The van der Waals surface area contributed by atoms with Gasteiger partial charge in [-0.25, -0.2) is 13.6 Å². The van der Waals surface area contributed by atoms with Crippen molar-refractivity contribution in [2.75, 3.05) is 20.3 Å². The summed E-state index contributed by atoms with van der Waals surface area (Å²) in [7, 11) is -2.40. The van der Waals surface area contributed by atoms with Gasteiger partial charge >= 0.3 is 0 Å². The Morgan fingerprint density at radius 2 is 2.30 bits per heavy atom. The normalized spacial score (nSPS) is 19.2. The summed E-state index contributed by atoms with van der Waals surface area (Å²) in [4.78, 5) is 13.6. The first-order chi connectivity index (χ1) is 9.36. The molecule has 1 aromatic heterocycles. The van der Waals surface area contributed by atoms with Crippen molar-refractivity contribution in [1.29, 1.82) is 0 Å². The smallest absolute Gasteiger partial charge is 0.275 e. The fourth-order valence-corrected chi connectivity index (χ4v) is 3.16. The summed E-state index contributed by atoms with van der Waals surface area (Å²) in [5.74, 6) is -0.472. The van der Waals surface area contributed by atoms with Crippen LogP contribution in [0.2, 0.25) is 0 Å². The first kappa shape index (κ1) is 14.9. The SMILES string of the molecule is CCc1[nH]nc(C(=O)N(C)C2CCOC2)c1S(N)(=O)=O. The highest BCUT2D eigenvalue weighted by molar-refractivity contribution is 7.89. The number of hydrogen-bond donors (Lipinski definition) is 2. The second kappa shape index (κ2) is 5.51. The van der Waals surface area contributed by atoms with Crippen LogP contribution < -0.4 is 5.14 Å². The summed E-state index contributed by atoms with van der Waals surface area (Å²) in [5, 5.41) is 11.6. The lowest BCUT2D eigenvalue weighted by molar-refractivity contribution is 0.0701. The molecule has 1 aliphatic rings. The Morgan fingerprint density at radius 1 is 1.60 bits per heavy atom. The predicted octanol–water partition coefficient (Wildman–Crippen LogP) is -0.520. The van der Waals surface area contributed by atoms with Gasteiger partial charge in [-0.15, -0.1) is 0 Å². The summed E-state index contributed by atoms with van der Waals surface area (Å²) >= 11 is 0. The van der Waals surface area contributed by atoms with Crippen LogP contribution in [0.1, 0.15) is 29.5 Å². The minimum Gasteiger partial charge on any atom is -0.379 e. The van der Waals surface area contributed by atoms with Crippen molar-refractivity contribution in [2.45, 2.75) is 30.7 Å². The van der Waals surface area contributed by atoms with Crippen LogP contribution in [0.4, 0.5) is 0 Å². The van der Waals surface area contributed by atoms with Crippen molar-refractivity contribution >= 4 is 15.9 Å². The average Bonchev–Trinajstić information content (AvgIpc) is 3.04. The van der Waals surface area contributed by atoms with E-state index in [1.165, 1.54) is 4.90 Å². The second-order valence-corrected chi connectivity index (χ2v) is 6.21. The van der Waals surface area contributed by atoms with Gasteiger partial charge < -0.3 is 9.64 Å². The monoisotopic (exact) mass is 302 g/mol. The number of aryl methyl sites for hydroxylation is 1. The zero-order valence-corrected chi connectivity index (χ0v) is 12.2. The quantitative estimate of drug-likeness (QED) is 0.776. The molecule has 1 aliphatic heterocycles. The van der Waals surface area contributed by atoms with Gasteiger partial charge in [-0.3, -0.25) is 9.89 Å². The van der Waals surface area contributed by atoms with Crippen LogP contribution in [0.15, 0.2) is 4.90 Å². The van der Waals surface area contributed by atoms with E-state index in [2.05, 4.69) is 10.2 Å². The number of ether oxygens (including phenoxy) is 1. The maximum Gasteiger partial charge on any atom is 0.275 e. The van der Waals surface area contributed by atoms with E-state index in [0.717, 1.165) is 6.42 Å². The highest BCUT2D eigenvalue weighted by Gasteiger charge is 2.32. The lowest BCUT2D eigenvalue weighted by atomic mass is 10.2. The molecule has 2 heterocycles. The number of sulfonamides is 1. The van der Waals surface area contributed by atoms with E-state index < -0.39 is 15.9 Å². The standard InChI is InChI=1S/C11H18N4O4S/c1-3-8-10(20(12,17)18)9(14-13-8)11(16)15(2)7-4-5-19-6-7/h7H,3-6H2,1-2H3,(H,13,14)(H2,12,17,18). The van der Waals surface area contributed by atoms with Gasteiger partial charge in [-0.05, 0) is 12.8 Å². The van der Waals surface area contributed by atoms with E-state index in [0.29, 0.717) is 25.3 Å². The van der Waals surface area contributed by atoms with Crippen molar-refractivity contribution in [2.24, 2.45) is 5.14 Å². The largest absolute Gasteiger partial charge is 0.379 e. The lowest BCUT2D eigenvalue weighted by Gasteiger charge is -2.22. The molecule has 0 radical (unpaired) electrons. The molecule has 8 nitrogen and oxygen atoms in total. The summed E-state index contributed by atoms with van der Waals surface area (Å²) in [5.41, 5.74) is 0.186. The van der Waals surface area contributed by atoms with Crippen molar-refractivity contribution in [3.8, 4) is 0 Å². The minimum atomic E-state index is -4.01. The molecule has 1 unspecified atom stereocenters. The number of carbonyl (C=O) groups is 1. The van der Waals surface area contributed by atoms with Crippen molar-refractivity contribution < 1.29 is 17.9 Å². The van der Waals surface area contributed by atoms with E-state index in [1.54, 1.807) is 14.0 Å². The van der Waals surface area contributed by atoms with Gasteiger partial charge in [0.15, 0.2) is 5.69 Å². The molecule has 112 valence electrons. The summed E-state index contributed by atoms with van der Waals surface area (Å²) in [6, 6.07) is -0.0717. The zero-order valence-electron chi connectivity index (χ0n) is 11.4. The number of likely N-dealkylation sites (N-methyl/N-ethyl adjacent to an activating group) is 1. The summed E-state index contributed by atoms with van der Waals surface area (Å²) in [6.45, 7) is 2.79. The fourth-order valence-electron chi connectivity index (χ4n) is 2.22. The number of amides is 1. The summed E-state index contributed by atoms with van der Waals surface area (Å²) in [6.07, 6.45) is 1.11. The van der Waals surface area contributed by atoms with Gasteiger partial charge in [0.25, 0.3) is 5.91 Å². The third kappa shape index (κ3) is 2.69. The molecular formula is C11H18N4O4S. The Labute approximate surface area is 117 Å². The van der Waals surface area contributed by atoms with Crippen molar-refractivity contribution in [3.63, 3.8) is 0 Å². The molecule has 1 fully saturated rings. The Morgan fingerprint density at radius 3 is 2.80 bits per heavy atom. The number of nitrogens with zero attached hydrogens (tertiary/aromatic N) is 2. The maximum atomic E-state index is 12.4. The Hall–Kier alpha value is -1.45. The van der Waals surface area contributed by atoms with E-state index >= 15 is 0 Å². The van der Waals surface area contributed by atoms with Crippen molar-refractivity contribution in [1.82, 2.24) is 15.1 Å². The van der Waals surface area contributed by atoms with Gasteiger partial charge in [-0.1, -0.05) is 6.92 Å². The maximum absolute atomic E-state index is 12.4. The molecule has 2 rings (SSSR count). The highest BCUT2D eigenvalue weighted by Crippen LogP contribution is 2.21. The van der Waals surface area contributed by atoms with Crippen LogP contribution in [-0.4, -0.2) is 55.7 Å². The van der Waals surface area contributed by atoms with Crippen LogP contribution in [0.5, 0.6) is 0 Å². The van der Waals surface area contributed by atoms with Crippen LogP contribution in [0.3, 0.4) is 0 Å². The molecular weight excluding hydrogens is 284 g/mol. The molecule has 1 saturated heterocycles. The van der Waals surface area contributed by atoms with Gasteiger partial charge in [0.1, 0.15) is 4.90 Å². The van der Waals surface area contributed by atoms with Crippen molar-refractivity contribution in [3.05, 3.63) is 11.4 Å². The minimum absolute atomic E-state index is 0.0717. The number of carbonyl (C=O) groups excluding carboxylic acids is 1. The number of rotatable bonds is 4. The highest BCUT2D eigenvalue weighted by atomic mass is 32.2. The third-order valence-electron chi connectivity index (χ3n) is 3.41. The van der Waals surface area contributed by atoms with Crippen LogP contribution in [-0.2, 0) is 21.2 Å². The molecule has 3 N–H and O–H groups in total. The number of primary sulfonamides is 1. The molecule has 0 aliphatic carbocycles. The lowest BCUT2D eigenvalue weighted by Crippen LogP contribution is -2.38. The average molecular weight is 302 g/mol. The number of aromatic amines is 1. The Kier molecular flexibility index (Phi) is 4.11. The first-order valence-corrected chi connectivity index (χ1v) is 7.85. The van der Waals surface area contributed by atoms with Crippen LogP contribution >= 0.6 is 0 Å². The number of hydrogen-bond acceptors (Lipinski definition) is 5. The Bertz CT molecular complexity index is 604. The van der Waals surface area contributed by atoms with Crippen LogP contribution in [0.25, 0.3) is 0 Å². The predicted molar refractivity (Wildman–Crippen MR) is 70.7 cm³/mol. The molecule has 0 bridgehead atoms. The number of aromatic nitrogens is 2. The van der Waals surface area contributed by atoms with Gasteiger partial charge in [0, 0.05) is 13.7 Å². The zero-order chi connectivity index (χ0) is 14.9. The first-order valence-electron chi connectivity index (χ1n) is 6.31. The third-order valence-corrected chi connectivity index (χ3v) is 4.41. The number of nitrogens with two attached hydrogens (primary N) is 1. The molecule has 1 amide bonds. The molecule has 0 saturated carbocycles. The topological polar surface area (TPSA) is 118 Å². The molecule has 1 atom stereocenters. The van der Waals surface area contributed by atoms with Crippen LogP contribution in [0, 0.1) is 0 Å². The van der Waals surface area contributed by atoms with E-state index in [4.69, 9.17) is 9.88 Å². The molecule has 1 aromatic rings. The second-order valence-electron chi connectivity index (χ2n) is 4.71. The van der Waals surface area contributed by atoms with E-state index in [-0.39, 0.29) is 16.6 Å². The number of H-pyrrole nitrogens is 1. The Balaban J connectivity index is 2.37. The van der Waals surface area contributed by atoms with Gasteiger partial charge in [0.05, 0.1) is 18.3 Å². The molecule has 9 heteroatoms. The molecule has 0 spiro atoms. The fraction of sp³-hybridized carbons (Fsp3) is 0.636. The van der Waals surface area contributed by atoms with Gasteiger partial charge in [-0.2, -0.15) is 5.10 Å². The molecule has 0 aromatic carbocycles. The summed E-state index contributed by atoms with van der Waals surface area (Å²) < 4.78 is 28.6. The van der Waals surface area contributed by atoms with Gasteiger partial charge in [0.2, 0.25) is 10.0 Å². The molecule has 20 heavy (non-hydrogen) atoms.